The van der Waals surface area contributed by atoms with Gasteiger partial charge in [0.05, 0.1) is 57.5 Å². The zero-order valence-electron chi connectivity index (χ0n) is 27.7. The largest absolute Gasteiger partial charge is 0.309 e. The Balaban J connectivity index is 1.38. The van der Waals surface area contributed by atoms with Gasteiger partial charge in [-0.3, -0.25) is 4.98 Å². The maximum Gasteiger partial charge on any atom is 0.0991 e. The van der Waals surface area contributed by atoms with E-state index in [4.69, 9.17) is 0 Å². The molecule has 9 rings (SSSR count). The number of allylic oxidation sites excluding steroid dienone is 1. The summed E-state index contributed by atoms with van der Waals surface area (Å²) < 4.78 is 4.55. The fraction of sp³-hybridized carbons (Fsp3) is 0.0667. The third-order valence-corrected chi connectivity index (χ3v) is 10.1. The number of pyridine rings is 1. The lowest BCUT2D eigenvalue weighted by Gasteiger charge is -2.23. The first-order chi connectivity index (χ1) is 25.0. The van der Waals surface area contributed by atoms with Crippen molar-refractivity contribution >= 4 is 38.8 Å². The number of hydrogen-bond donors (Lipinski definition) is 0. The van der Waals surface area contributed by atoms with Crippen LogP contribution in [0.15, 0.2) is 134 Å². The molecule has 1 aliphatic rings. The van der Waals surface area contributed by atoms with Gasteiger partial charge in [-0.15, -0.1) is 0 Å². The van der Waals surface area contributed by atoms with Crippen LogP contribution < -0.4 is 0 Å². The quantitative estimate of drug-likeness (QED) is 0.189. The van der Waals surface area contributed by atoms with Gasteiger partial charge in [-0.1, -0.05) is 60.7 Å². The van der Waals surface area contributed by atoms with Crippen LogP contribution >= 0.6 is 0 Å². The van der Waals surface area contributed by atoms with E-state index in [-0.39, 0.29) is 0 Å². The first-order valence-electron chi connectivity index (χ1n) is 16.8. The van der Waals surface area contributed by atoms with E-state index in [2.05, 4.69) is 105 Å². The van der Waals surface area contributed by atoms with Crippen LogP contribution in [-0.4, -0.2) is 14.1 Å². The average Bonchev–Trinajstić information content (AvgIpc) is 3.69. The van der Waals surface area contributed by atoms with Crippen LogP contribution in [0.25, 0.3) is 72.4 Å². The molecule has 0 amide bonds. The Morgan fingerprint density at radius 3 is 2.06 bits per heavy atom. The van der Waals surface area contributed by atoms with Crippen molar-refractivity contribution in [2.45, 2.75) is 13.3 Å². The van der Waals surface area contributed by atoms with Crippen molar-refractivity contribution in [2.75, 3.05) is 0 Å². The average molecular weight is 653 g/mol. The summed E-state index contributed by atoms with van der Waals surface area (Å²) >= 11 is 0. The van der Waals surface area contributed by atoms with E-state index in [1.807, 2.05) is 73.9 Å². The van der Waals surface area contributed by atoms with E-state index >= 15 is 0 Å². The SMILES string of the molecule is CC1(C#N)C=Cc2c(c3cc(C#N)ccc3n2-c2cc(-c3ccccc3-c3ccc(C#N)cc3)cc(-n3c4ccccc4c4ccncc43)c2)C1. The molecular formula is C45H28N6. The van der Waals surface area contributed by atoms with Gasteiger partial charge in [0.25, 0.3) is 0 Å². The number of fused-ring (bicyclic) bond motifs is 6. The normalized spacial score (nSPS) is 15.0. The van der Waals surface area contributed by atoms with Crippen LogP contribution in [0.5, 0.6) is 0 Å². The van der Waals surface area contributed by atoms with Crippen LogP contribution in [-0.2, 0) is 6.42 Å². The zero-order chi connectivity index (χ0) is 34.7. The van der Waals surface area contributed by atoms with Crippen LogP contribution in [0.4, 0.5) is 0 Å². The predicted octanol–water partition coefficient (Wildman–Crippen LogP) is 10.3. The summed E-state index contributed by atoms with van der Waals surface area (Å²) in [5.41, 5.74) is 11.7. The van der Waals surface area contributed by atoms with Crippen LogP contribution in [0.2, 0.25) is 0 Å². The molecule has 0 fully saturated rings. The minimum atomic E-state index is -0.655. The Bertz CT molecular complexity index is 2830. The van der Waals surface area contributed by atoms with E-state index in [9.17, 15) is 15.8 Å². The second kappa shape index (κ2) is 11.5. The van der Waals surface area contributed by atoms with Crippen molar-refractivity contribution in [1.82, 2.24) is 14.1 Å². The smallest absolute Gasteiger partial charge is 0.0991 e. The van der Waals surface area contributed by atoms with E-state index < -0.39 is 5.41 Å². The molecule has 1 atom stereocenters. The highest BCUT2D eigenvalue weighted by Gasteiger charge is 2.30. The monoisotopic (exact) mass is 652 g/mol. The molecule has 0 saturated heterocycles. The molecule has 3 aromatic heterocycles. The van der Waals surface area contributed by atoms with Crippen molar-refractivity contribution in [3.05, 3.63) is 156 Å². The molecule has 0 radical (unpaired) electrons. The van der Waals surface area contributed by atoms with Gasteiger partial charge in [-0.25, -0.2) is 0 Å². The summed E-state index contributed by atoms with van der Waals surface area (Å²) in [6.45, 7) is 1.96. The van der Waals surface area contributed by atoms with E-state index in [1.165, 1.54) is 0 Å². The van der Waals surface area contributed by atoms with E-state index in [0.29, 0.717) is 17.5 Å². The maximum absolute atomic E-state index is 10.1. The van der Waals surface area contributed by atoms with Crippen molar-refractivity contribution in [3.8, 4) is 51.8 Å². The molecule has 1 aliphatic carbocycles. The summed E-state index contributed by atoms with van der Waals surface area (Å²) in [5.74, 6) is 0. The molecule has 6 heteroatoms. The Morgan fingerprint density at radius 1 is 0.627 bits per heavy atom. The van der Waals surface area contributed by atoms with Crippen LogP contribution in [0.3, 0.4) is 0 Å². The Hall–Kier alpha value is -7.20. The number of rotatable bonds is 4. The Labute approximate surface area is 294 Å². The molecule has 3 heterocycles. The highest BCUT2D eigenvalue weighted by molar-refractivity contribution is 6.09. The number of nitrogens with zero attached hydrogens (tertiary/aromatic N) is 6. The zero-order valence-corrected chi connectivity index (χ0v) is 27.7. The van der Waals surface area contributed by atoms with Crippen molar-refractivity contribution in [2.24, 2.45) is 5.41 Å². The van der Waals surface area contributed by atoms with Crippen LogP contribution in [0, 0.1) is 39.4 Å². The summed E-state index contributed by atoms with van der Waals surface area (Å²) in [6.07, 6.45) is 8.37. The van der Waals surface area contributed by atoms with Gasteiger partial charge in [0.15, 0.2) is 0 Å². The summed E-state index contributed by atoms with van der Waals surface area (Å²) in [7, 11) is 0. The fourth-order valence-corrected chi connectivity index (χ4v) is 7.67. The van der Waals surface area contributed by atoms with Gasteiger partial charge in [-0.05, 0) is 108 Å². The molecule has 5 aromatic carbocycles. The molecule has 8 aromatic rings. The van der Waals surface area contributed by atoms with Gasteiger partial charge in [0, 0.05) is 39.4 Å². The van der Waals surface area contributed by atoms with E-state index in [0.717, 1.165) is 77.6 Å². The van der Waals surface area contributed by atoms with Crippen molar-refractivity contribution in [3.63, 3.8) is 0 Å². The lowest BCUT2D eigenvalue weighted by Crippen LogP contribution is -2.18. The van der Waals surface area contributed by atoms with Gasteiger partial charge in [0.1, 0.15) is 0 Å². The maximum atomic E-state index is 10.1. The third-order valence-electron chi connectivity index (χ3n) is 10.1. The highest BCUT2D eigenvalue weighted by atomic mass is 15.0. The molecule has 0 saturated carbocycles. The molecular weight excluding hydrogens is 625 g/mol. The first kappa shape index (κ1) is 29.9. The van der Waals surface area contributed by atoms with E-state index in [1.54, 1.807) is 0 Å². The fourth-order valence-electron chi connectivity index (χ4n) is 7.67. The molecule has 51 heavy (non-hydrogen) atoms. The predicted molar refractivity (Wildman–Crippen MR) is 202 cm³/mol. The van der Waals surface area contributed by atoms with Gasteiger partial charge in [0.2, 0.25) is 0 Å². The molecule has 0 N–H and O–H groups in total. The molecule has 1 unspecified atom stereocenters. The minimum absolute atomic E-state index is 0.542. The Morgan fingerprint density at radius 2 is 1.29 bits per heavy atom. The van der Waals surface area contributed by atoms with Gasteiger partial charge < -0.3 is 9.13 Å². The first-order valence-corrected chi connectivity index (χ1v) is 16.8. The number of nitriles is 3. The lowest BCUT2D eigenvalue weighted by atomic mass is 9.80. The number of para-hydroxylation sites is 1. The highest BCUT2D eigenvalue weighted by Crippen LogP contribution is 2.42. The number of hydrogen-bond acceptors (Lipinski definition) is 4. The Kier molecular flexibility index (Phi) is 6.72. The van der Waals surface area contributed by atoms with Gasteiger partial charge >= 0.3 is 0 Å². The second-order valence-corrected chi connectivity index (χ2v) is 13.3. The summed E-state index contributed by atoms with van der Waals surface area (Å²) in [6, 6.07) is 46.1. The lowest BCUT2D eigenvalue weighted by molar-refractivity contribution is 0.562. The minimum Gasteiger partial charge on any atom is -0.309 e. The summed E-state index contributed by atoms with van der Waals surface area (Å²) in [4.78, 5) is 4.54. The number of aromatic nitrogens is 3. The van der Waals surface area contributed by atoms with Crippen LogP contribution in [0.1, 0.15) is 29.3 Å². The van der Waals surface area contributed by atoms with Crippen molar-refractivity contribution < 1.29 is 0 Å². The topological polar surface area (TPSA) is 94.1 Å². The second-order valence-electron chi connectivity index (χ2n) is 13.3. The van der Waals surface area contributed by atoms with Crippen molar-refractivity contribution in [1.29, 1.82) is 15.8 Å². The molecule has 0 spiro atoms. The molecule has 0 bridgehead atoms. The van der Waals surface area contributed by atoms with Gasteiger partial charge in [-0.2, -0.15) is 15.8 Å². The molecule has 6 nitrogen and oxygen atoms in total. The number of benzene rings is 5. The third kappa shape index (κ3) is 4.72. The molecule has 238 valence electrons. The molecule has 0 aliphatic heterocycles. The summed E-state index contributed by atoms with van der Waals surface area (Å²) in [5, 5.41) is 32.7. The standard InChI is InChI=1S/C45H28N6/c1-45(28-48)18-16-43-40(24-45)39-20-30(26-47)12-15-42(39)50(43)33-21-32(36-7-3-2-6-35(36)31-13-10-29(25-46)11-14-31)22-34(23-33)51-41-9-5-4-8-37(41)38-17-19-49-27-44(38)51/h2-23,27H,24H2,1H3.